The molecule has 142 valence electrons. The summed E-state index contributed by atoms with van der Waals surface area (Å²) in [6.07, 6.45) is 3.74. The highest BCUT2D eigenvalue weighted by molar-refractivity contribution is 7.98. The fourth-order valence-corrected chi connectivity index (χ4v) is 3.65. The van der Waals surface area contributed by atoms with E-state index in [1.807, 2.05) is 13.0 Å². The van der Waals surface area contributed by atoms with Gasteiger partial charge in [-0.3, -0.25) is 9.78 Å². The summed E-state index contributed by atoms with van der Waals surface area (Å²) in [5.74, 6) is 2.19. The van der Waals surface area contributed by atoms with Crippen LogP contribution in [0.3, 0.4) is 0 Å². The molecule has 0 fully saturated rings. The molecule has 0 aliphatic heterocycles. The van der Waals surface area contributed by atoms with E-state index in [1.54, 1.807) is 36.4 Å². The van der Waals surface area contributed by atoms with E-state index >= 15 is 0 Å². The zero-order valence-electron chi connectivity index (χ0n) is 14.7. The molecule has 9 heteroatoms. The highest BCUT2D eigenvalue weighted by Gasteiger charge is 2.06. The molecule has 0 spiro atoms. The first-order valence-electron chi connectivity index (χ1n) is 8.35. The van der Waals surface area contributed by atoms with E-state index in [0.717, 1.165) is 28.5 Å². The van der Waals surface area contributed by atoms with Gasteiger partial charge in [0.2, 0.25) is 5.95 Å². The molecule has 2 aromatic heterocycles. The Kier molecular flexibility index (Phi) is 6.82. The quantitative estimate of drug-likeness (QED) is 0.475. The minimum atomic E-state index is -0.168. The summed E-state index contributed by atoms with van der Waals surface area (Å²) in [6, 6.07) is 5.32. The second kappa shape index (κ2) is 9.30. The number of H-pyrrole nitrogens is 2. The fraction of sp³-hybridized carbons (Fsp3) is 0.278. The van der Waals surface area contributed by atoms with Gasteiger partial charge in [0.25, 0.3) is 5.56 Å². The van der Waals surface area contributed by atoms with Gasteiger partial charge in [0.1, 0.15) is 0 Å². The number of thioether (sulfide) groups is 1. The molecule has 27 heavy (non-hydrogen) atoms. The van der Waals surface area contributed by atoms with Crippen molar-refractivity contribution in [1.82, 2.24) is 19.9 Å². The van der Waals surface area contributed by atoms with Crippen LogP contribution in [-0.2, 0) is 12.2 Å². The molecule has 0 saturated carbocycles. The fourth-order valence-electron chi connectivity index (χ4n) is 2.45. The number of anilines is 1. The predicted octanol–water partition coefficient (Wildman–Crippen LogP) is 4.04. The summed E-state index contributed by atoms with van der Waals surface area (Å²) in [4.78, 5) is 26.7. The number of nitrogens with one attached hydrogen (secondary N) is 3. The number of hydrogen-bond acceptors (Lipinski definition) is 5. The van der Waals surface area contributed by atoms with Gasteiger partial charge < -0.3 is 10.3 Å². The lowest BCUT2D eigenvalue weighted by Gasteiger charge is -2.07. The molecule has 0 saturated heterocycles. The normalized spacial score (nSPS) is 10.9. The molecule has 3 aromatic rings. The van der Waals surface area contributed by atoms with Gasteiger partial charge in [0.15, 0.2) is 0 Å². The number of aryl methyl sites for hydroxylation is 1. The average Bonchev–Trinajstić information content (AvgIpc) is 3.05. The molecular formula is C18H19Cl2N5OS. The van der Waals surface area contributed by atoms with Gasteiger partial charge in [-0.2, -0.15) is 11.8 Å². The van der Waals surface area contributed by atoms with Crippen LogP contribution < -0.4 is 10.9 Å². The number of imidazole rings is 1. The van der Waals surface area contributed by atoms with Crippen molar-refractivity contribution in [2.75, 3.05) is 17.6 Å². The van der Waals surface area contributed by atoms with Gasteiger partial charge in [-0.1, -0.05) is 29.3 Å². The maximum Gasteiger partial charge on any atom is 0.255 e. The van der Waals surface area contributed by atoms with E-state index in [-0.39, 0.29) is 5.56 Å². The SMILES string of the molecule is Cc1[nH]cnc1CSCCNc1ncc(Cc2ccc(Cl)c(Cl)c2)c(=O)[nH]1. The van der Waals surface area contributed by atoms with Crippen molar-refractivity contribution in [3.8, 4) is 0 Å². The second-order valence-electron chi connectivity index (χ2n) is 5.96. The molecule has 0 aliphatic carbocycles. The standard InChI is InChI=1S/C18H19Cl2N5OS/c1-11-16(24-10-23-11)9-27-5-4-21-18-22-8-13(17(26)25-18)6-12-2-3-14(19)15(20)7-12/h2-3,7-8,10H,4-6,9H2,1H3,(H,23,24)(H2,21,22,25,26). The topological polar surface area (TPSA) is 86.5 Å². The summed E-state index contributed by atoms with van der Waals surface area (Å²) < 4.78 is 0. The first-order chi connectivity index (χ1) is 13.0. The molecule has 0 aliphatic rings. The molecule has 0 radical (unpaired) electrons. The number of aromatic amines is 2. The smallest absolute Gasteiger partial charge is 0.255 e. The van der Waals surface area contributed by atoms with Crippen molar-refractivity contribution in [1.29, 1.82) is 0 Å². The van der Waals surface area contributed by atoms with Crippen LogP contribution in [0.5, 0.6) is 0 Å². The van der Waals surface area contributed by atoms with Gasteiger partial charge in [-0.15, -0.1) is 0 Å². The third-order valence-corrected chi connectivity index (χ3v) is 5.67. The molecular weight excluding hydrogens is 405 g/mol. The lowest BCUT2D eigenvalue weighted by Crippen LogP contribution is -2.18. The largest absolute Gasteiger partial charge is 0.355 e. The van der Waals surface area contributed by atoms with Crippen molar-refractivity contribution in [3.05, 3.63) is 73.6 Å². The third kappa shape index (κ3) is 5.51. The Morgan fingerprint density at radius 1 is 1.22 bits per heavy atom. The Hall–Kier alpha value is -1.96. The third-order valence-electron chi connectivity index (χ3n) is 3.96. The summed E-state index contributed by atoms with van der Waals surface area (Å²) in [5, 5.41) is 4.10. The first kappa shape index (κ1) is 19.8. The molecule has 2 heterocycles. The van der Waals surface area contributed by atoms with Gasteiger partial charge in [-0.25, -0.2) is 9.97 Å². The van der Waals surface area contributed by atoms with Crippen molar-refractivity contribution in [2.45, 2.75) is 19.1 Å². The highest BCUT2D eigenvalue weighted by atomic mass is 35.5. The molecule has 0 amide bonds. The van der Waals surface area contributed by atoms with Crippen molar-refractivity contribution < 1.29 is 0 Å². The lowest BCUT2D eigenvalue weighted by atomic mass is 10.1. The maximum atomic E-state index is 12.3. The summed E-state index contributed by atoms with van der Waals surface area (Å²) in [7, 11) is 0. The van der Waals surface area contributed by atoms with Crippen LogP contribution in [0.2, 0.25) is 10.0 Å². The van der Waals surface area contributed by atoms with Crippen LogP contribution in [0, 0.1) is 6.92 Å². The van der Waals surface area contributed by atoms with Crippen LogP contribution in [0.15, 0.2) is 35.5 Å². The van der Waals surface area contributed by atoms with E-state index in [9.17, 15) is 4.79 Å². The molecule has 0 bridgehead atoms. The summed E-state index contributed by atoms with van der Waals surface area (Å²) in [6.45, 7) is 2.71. The van der Waals surface area contributed by atoms with Crippen LogP contribution in [0.1, 0.15) is 22.5 Å². The second-order valence-corrected chi connectivity index (χ2v) is 7.88. The number of hydrogen-bond donors (Lipinski definition) is 3. The Morgan fingerprint density at radius 2 is 2.07 bits per heavy atom. The number of rotatable bonds is 8. The molecule has 6 nitrogen and oxygen atoms in total. The van der Waals surface area contributed by atoms with Crippen LogP contribution in [0.4, 0.5) is 5.95 Å². The van der Waals surface area contributed by atoms with Crippen LogP contribution in [0.25, 0.3) is 0 Å². The zero-order valence-corrected chi connectivity index (χ0v) is 17.0. The maximum absolute atomic E-state index is 12.3. The van der Waals surface area contributed by atoms with Gasteiger partial charge in [0, 0.05) is 41.9 Å². The van der Waals surface area contributed by atoms with Crippen molar-refractivity contribution >= 4 is 40.9 Å². The van der Waals surface area contributed by atoms with Crippen molar-refractivity contribution in [2.24, 2.45) is 0 Å². The van der Waals surface area contributed by atoms with E-state index in [0.29, 0.717) is 34.5 Å². The average molecular weight is 424 g/mol. The number of nitrogens with zero attached hydrogens (tertiary/aromatic N) is 2. The van der Waals surface area contributed by atoms with E-state index in [4.69, 9.17) is 23.2 Å². The Balaban J connectivity index is 1.49. The first-order valence-corrected chi connectivity index (χ1v) is 10.3. The van der Waals surface area contributed by atoms with Crippen molar-refractivity contribution in [3.63, 3.8) is 0 Å². The molecule has 3 N–H and O–H groups in total. The predicted molar refractivity (Wildman–Crippen MR) is 112 cm³/mol. The van der Waals surface area contributed by atoms with Gasteiger partial charge in [-0.05, 0) is 24.6 Å². The van der Waals surface area contributed by atoms with E-state index in [2.05, 4.69) is 25.3 Å². The Morgan fingerprint density at radius 3 is 2.78 bits per heavy atom. The number of halogens is 2. The Bertz CT molecular complexity index is 972. The van der Waals surface area contributed by atoms with E-state index in [1.165, 1.54) is 0 Å². The summed E-state index contributed by atoms with van der Waals surface area (Å²) >= 11 is 13.7. The molecule has 0 atom stereocenters. The minimum Gasteiger partial charge on any atom is -0.355 e. The van der Waals surface area contributed by atoms with Gasteiger partial charge >= 0.3 is 0 Å². The monoisotopic (exact) mass is 423 g/mol. The van der Waals surface area contributed by atoms with Crippen LogP contribution in [-0.4, -0.2) is 32.2 Å². The van der Waals surface area contributed by atoms with E-state index < -0.39 is 0 Å². The number of aromatic nitrogens is 4. The molecule has 0 unspecified atom stereocenters. The Labute approximate surface area is 171 Å². The van der Waals surface area contributed by atoms with Crippen LogP contribution >= 0.6 is 35.0 Å². The number of benzene rings is 1. The van der Waals surface area contributed by atoms with Gasteiger partial charge in [0.05, 0.1) is 22.1 Å². The lowest BCUT2D eigenvalue weighted by molar-refractivity contribution is 1.01. The minimum absolute atomic E-state index is 0.168. The molecule has 3 rings (SSSR count). The highest BCUT2D eigenvalue weighted by Crippen LogP contribution is 2.23. The molecule has 1 aromatic carbocycles. The summed E-state index contributed by atoms with van der Waals surface area (Å²) in [5.41, 5.74) is 3.47. The zero-order chi connectivity index (χ0) is 19.2.